The van der Waals surface area contributed by atoms with Gasteiger partial charge in [0.05, 0.1) is 17.3 Å². The van der Waals surface area contributed by atoms with Gasteiger partial charge in [0.15, 0.2) is 0 Å². The smallest absolute Gasteiger partial charge is 0.128 e. The van der Waals surface area contributed by atoms with Crippen LogP contribution < -0.4 is 4.74 Å². The second-order valence-electron chi connectivity index (χ2n) is 5.58. The average Bonchev–Trinajstić information content (AvgIpc) is 3.22. The maximum Gasteiger partial charge on any atom is 0.128 e. The van der Waals surface area contributed by atoms with E-state index in [1.807, 2.05) is 6.07 Å². The minimum atomic E-state index is 0.532. The quantitative estimate of drug-likeness (QED) is 0.833. The van der Waals surface area contributed by atoms with E-state index in [0.29, 0.717) is 12.5 Å². The Hall–Kier alpha value is -1.86. The van der Waals surface area contributed by atoms with Crippen LogP contribution in [0.25, 0.3) is 0 Å². The van der Waals surface area contributed by atoms with E-state index < -0.39 is 0 Å². The third-order valence-electron chi connectivity index (χ3n) is 3.67. The van der Waals surface area contributed by atoms with Crippen LogP contribution in [-0.4, -0.2) is 11.6 Å². The first-order valence-electron chi connectivity index (χ1n) is 7.27. The number of nitriles is 1. The van der Waals surface area contributed by atoms with Crippen molar-refractivity contribution in [3.8, 4) is 11.8 Å². The van der Waals surface area contributed by atoms with Crippen molar-refractivity contribution in [2.24, 2.45) is 0 Å². The van der Waals surface area contributed by atoms with Gasteiger partial charge in [-0.2, -0.15) is 5.26 Å². The monoisotopic (exact) mass is 298 g/mol. The van der Waals surface area contributed by atoms with Gasteiger partial charge in [-0.05, 0) is 38.3 Å². The van der Waals surface area contributed by atoms with Gasteiger partial charge in [-0.1, -0.05) is 17.7 Å². The molecule has 3 rings (SSSR count). The van der Waals surface area contributed by atoms with Crippen molar-refractivity contribution >= 4 is 11.3 Å². The van der Waals surface area contributed by atoms with E-state index in [9.17, 15) is 0 Å². The number of ether oxygens (including phenoxy) is 1. The summed E-state index contributed by atoms with van der Waals surface area (Å²) in [6, 6.07) is 8.48. The Morgan fingerprint density at radius 3 is 2.86 bits per heavy atom. The van der Waals surface area contributed by atoms with E-state index in [2.05, 4.69) is 37.0 Å². The van der Waals surface area contributed by atoms with Crippen LogP contribution in [0, 0.1) is 25.2 Å². The number of benzene rings is 1. The van der Waals surface area contributed by atoms with Crippen molar-refractivity contribution in [3.63, 3.8) is 0 Å². The molecule has 1 fully saturated rings. The van der Waals surface area contributed by atoms with E-state index in [-0.39, 0.29) is 0 Å². The summed E-state index contributed by atoms with van der Waals surface area (Å²) in [6.45, 7) is 4.74. The molecule has 1 saturated carbocycles. The van der Waals surface area contributed by atoms with Crippen LogP contribution in [0.4, 0.5) is 0 Å². The Morgan fingerprint density at radius 2 is 2.19 bits per heavy atom. The molecule has 0 amide bonds. The largest absolute Gasteiger partial charge is 0.493 e. The van der Waals surface area contributed by atoms with E-state index in [1.54, 1.807) is 0 Å². The predicted octanol–water partition coefficient (Wildman–Crippen LogP) is 4.13. The molecule has 0 aliphatic heterocycles. The van der Waals surface area contributed by atoms with E-state index in [1.165, 1.54) is 29.7 Å². The Labute approximate surface area is 129 Å². The summed E-state index contributed by atoms with van der Waals surface area (Å²) >= 11 is 1.52. The molecule has 1 aromatic carbocycles. The number of hydrogen-bond donors (Lipinski definition) is 0. The molecule has 2 aromatic rings. The molecule has 0 atom stereocenters. The first kappa shape index (κ1) is 14.1. The van der Waals surface area contributed by atoms with Crippen LogP contribution >= 0.6 is 11.3 Å². The molecule has 0 unspecified atom stereocenters. The maximum absolute atomic E-state index is 9.16. The lowest BCUT2D eigenvalue weighted by Gasteiger charge is -2.08. The Balaban J connectivity index is 1.61. The topological polar surface area (TPSA) is 45.9 Å². The van der Waals surface area contributed by atoms with Gasteiger partial charge in [0.2, 0.25) is 0 Å². The minimum Gasteiger partial charge on any atom is -0.493 e. The average molecular weight is 298 g/mol. The third kappa shape index (κ3) is 3.25. The Bertz CT molecular complexity index is 695. The zero-order valence-corrected chi connectivity index (χ0v) is 13.2. The molecule has 0 N–H and O–H groups in total. The standard InChI is InChI=1S/C17H18N2OS/c1-11-3-6-14(12(2)9-11)20-8-7-16-19-17(13-4-5-13)15(10-18)21-16/h3,6,9,13H,4-5,7-8H2,1-2H3. The zero-order chi connectivity index (χ0) is 14.8. The second kappa shape index (κ2) is 5.87. The van der Waals surface area contributed by atoms with Crippen LogP contribution in [0.3, 0.4) is 0 Å². The summed E-state index contributed by atoms with van der Waals surface area (Å²) in [5.74, 6) is 1.46. The van der Waals surface area contributed by atoms with Crippen LogP contribution in [0.15, 0.2) is 18.2 Å². The van der Waals surface area contributed by atoms with E-state index in [0.717, 1.165) is 33.3 Å². The van der Waals surface area contributed by atoms with Crippen LogP contribution in [0.2, 0.25) is 0 Å². The molecule has 21 heavy (non-hydrogen) atoms. The first-order valence-corrected chi connectivity index (χ1v) is 8.09. The molecular weight excluding hydrogens is 280 g/mol. The molecule has 0 bridgehead atoms. The zero-order valence-electron chi connectivity index (χ0n) is 12.3. The van der Waals surface area contributed by atoms with Crippen LogP contribution in [0.1, 0.15) is 45.5 Å². The van der Waals surface area contributed by atoms with Crippen molar-refractivity contribution in [3.05, 3.63) is 44.9 Å². The molecule has 4 heteroatoms. The van der Waals surface area contributed by atoms with Crippen LogP contribution in [-0.2, 0) is 6.42 Å². The molecule has 3 nitrogen and oxygen atoms in total. The molecule has 0 saturated heterocycles. The lowest BCUT2D eigenvalue weighted by atomic mass is 10.1. The van der Waals surface area contributed by atoms with Crippen molar-refractivity contribution in [2.45, 2.75) is 39.0 Å². The number of aromatic nitrogens is 1. The minimum absolute atomic E-state index is 0.532. The highest BCUT2D eigenvalue weighted by atomic mass is 32.1. The van der Waals surface area contributed by atoms with Gasteiger partial charge >= 0.3 is 0 Å². The van der Waals surface area contributed by atoms with Gasteiger partial charge in [0, 0.05) is 12.3 Å². The molecule has 1 aliphatic carbocycles. The second-order valence-corrected chi connectivity index (χ2v) is 6.66. The van der Waals surface area contributed by atoms with Gasteiger partial charge < -0.3 is 4.74 Å². The van der Waals surface area contributed by atoms with E-state index >= 15 is 0 Å². The molecule has 108 valence electrons. The molecule has 1 heterocycles. The summed E-state index contributed by atoms with van der Waals surface area (Å²) in [6.07, 6.45) is 3.12. The fourth-order valence-electron chi connectivity index (χ4n) is 2.41. The summed E-state index contributed by atoms with van der Waals surface area (Å²) in [5, 5.41) is 10.2. The first-order chi connectivity index (χ1) is 10.2. The number of thiazole rings is 1. The number of nitrogens with zero attached hydrogens (tertiary/aromatic N) is 2. The fraction of sp³-hybridized carbons (Fsp3) is 0.412. The molecule has 0 radical (unpaired) electrons. The Kier molecular flexibility index (Phi) is 3.94. The maximum atomic E-state index is 9.16. The SMILES string of the molecule is Cc1ccc(OCCc2nc(C3CC3)c(C#N)s2)c(C)c1. The van der Waals surface area contributed by atoms with Gasteiger partial charge in [0.25, 0.3) is 0 Å². The third-order valence-corrected chi connectivity index (χ3v) is 4.70. The van der Waals surface area contributed by atoms with Crippen LogP contribution in [0.5, 0.6) is 5.75 Å². The van der Waals surface area contributed by atoms with Crippen molar-refractivity contribution in [1.29, 1.82) is 5.26 Å². The highest BCUT2D eigenvalue weighted by molar-refractivity contribution is 7.12. The highest BCUT2D eigenvalue weighted by Gasteiger charge is 2.29. The van der Waals surface area contributed by atoms with Gasteiger partial charge in [-0.25, -0.2) is 4.98 Å². The summed E-state index contributed by atoms with van der Waals surface area (Å²) in [5.41, 5.74) is 3.42. The Morgan fingerprint density at radius 1 is 1.38 bits per heavy atom. The van der Waals surface area contributed by atoms with Gasteiger partial charge in [-0.15, -0.1) is 11.3 Å². The van der Waals surface area contributed by atoms with Crippen molar-refractivity contribution in [2.75, 3.05) is 6.61 Å². The number of aryl methyl sites for hydroxylation is 2. The van der Waals surface area contributed by atoms with Crippen molar-refractivity contribution in [1.82, 2.24) is 4.98 Å². The summed E-state index contributed by atoms with van der Waals surface area (Å²) < 4.78 is 5.84. The normalized spacial score (nSPS) is 14.0. The highest BCUT2D eigenvalue weighted by Crippen LogP contribution is 2.42. The number of hydrogen-bond acceptors (Lipinski definition) is 4. The predicted molar refractivity (Wildman–Crippen MR) is 83.9 cm³/mol. The van der Waals surface area contributed by atoms with E-state index in [4.69, 9.17) is 10.00 Å². The summed E-state index contributed by atoms with van der Waals surface area (Å²) in [7, 11) is 0. The fourth-order valence-corrected chi connectivity index (χ4v) is 3.34. The van der Waals surface area contributed by atoms with Gasteiger partial charge in [0.1, 0.15) is 16.7 Å². The molecule has 0 spiro atoms. The molecule has 1 aliphatic rings. The summed E-state index contributed by atoms with van der Waals surface area (Å²) in [4.78, 5) is 5.42. The molecular formula is C17H18N2OS. The number of rotatable bonds is 5. The lowest BCUT2D eigenvalue weighted by molar-refractivity contribution is 0.319. The van der Waals surface area contributed by atoms with Gasteiger partial charge in [-0.3, -0.25) is 0 Å². The van der Waals surface area contributed by atoms with Crippen molar-refractivity contribution < 1.29 is 4.74 Å². The molecule has 1 aromatic heterocycles. The lowest BCUT2D eigenvalue weighted by Crippen LogP contribution is -2.02.